The summed E-state index contributed by atoms with van der Waals surface area (Å²) in [5.74, 6) is 1.79. The molecule has 1 aliphatic rings. The van der Waals surface area contributed by atoms with Crippen LogP contribution in [0.1, 0.15) is 5.56 Å². The van der Waals surface area contributed by atoms with Gasteiger partial charge in [0.25, 0.3) is 5.56 Å². The lowest BCUT2D eigenvalue weighted by Crippen LogP contribution is -2.42. The van der Waals surface area contributed by atoms with Crippen molar-refractivity contribution in [3.05, 3.63) is 81.1 Å². The van der Waals surface area contributed by atoms with Gasteiger partial charge in [-0.1, -0.05) is 6.07 Å². The number of aryl methyl sites for hydroxylation is 1. The zero-order chi connectivity index (χ0) is 25.9. The molecule has 1 amide bonds. The Hall–Kier alpha value is -4.80. The lowest BCUT2D eigenvalue weighted by atomic mass is 10.1. The van der Waals surface area contributed by atoms with Gasteiger partial charge in [0.2, 0.25) is 12.7 Å². The predicted octanol–water partition coefficient (Wildman–Crippen LogP) is 2.19. The third-order valence-electron chi connectivity index (χ3n) is 6.02. The molecule has 0 bridgehead atoms. The van der Waals surface area contributed by atoms with Gasteiger partial charge in [-0.2, -0.15) is 0 Å². The Morgan fingerprint density at radius 2 is 1.81 bits per heavy atom. The summed E-state index contributed by atoms with van der Waals surface area (Å²) in [6.07, 6.45) is 1.85. The molecule has 37 heavy (non-hydrogen) atoms. The molecule has 0 fully saturated rings. The van der Waals surface area contributed by atoms with E-state index in [0.29, 0.717) is 35.1 Å². The van der Waals surface area contributed by atoms with E-state index >= 15 is 0 Å². The highest BCUT2D eigenvalue weighted by molar-refractivity contribution is 5.91. The Morgan fingerprint density at radius 1 is 1.00 bits per heavy atom. The van der Waals surface area contributed by atoms with E-state index in [0.717, 1.165) is 10.1 Å². The summed E-state index contributed by atoms with van der Waals surface area (Å²) in [4.78, 5) is 43.7. The molecule has 5 rings (SSSR count). The number of methoxy groups -OCH3 is 2. The summed E-state index contributed by atoms with van der Waals surface area (Å²) in [5, 5.41) is 2.76. The van der Waals surface area contributed by atoms with E-state index in [1.54, 1.807) is 49.6 Å². The molecule has 0 saturated heterocycles. The first-order valence-corrected chi connectivity index (χ1v) is 11.5. The molecular weight excluding hydrogens is 480 g/mol. The van der Waals surface area contributed by atoms with Crippen molar-refractivity contribution in [2.75, 3.05) is 26.3 Å². The number of ether oxygens (including phenoxy) is 4. The molecule has 0 radical (unpaired) electrons. The number of nitrogens with one attached hydrogen (secondary N) is 1. The second kappa shape index (κ2) is 10.1. The molecule has 0 spiro atoms. The molecule has 0 saturated carbocycles. The van der Waals surface area contributed by atoms with Gasteiger partial charge in [-0.15, -0.1) is 0 Å². The van der Waals surface area contributed by atoms with Crippen LogP contribution >= 0.6 is 0 Å². The maximum Gasteiger partial charge on any atom is 0.332 e. The number of aromatic nitrogens is 3. The van der Waals surface area contributed by atoms with E-state index in [1.807, 2.05) is 6.07 Å². The van der Waals surface area contributed by atoms with Gasteiger partial charge in [-0.05, 0) is 48.4 Å². The van der Waals surface area contributed by atoms with E-state index in [9.17, 15) is 14.4 Å². The Balaban J connectivity index is 1.43. The van der Waals surface area contributed by atoms with Gasteiger partial charge in [0.15, 0.2) is 28.5 Å². The average Bonchev–Trinajstić information content (AvgIpc) is 3.39. The van der Waals surface area contributed by atoms with Crippen molar-refractivity contribution >= 4 is 22.6 Å². The van der Waals surface area contributed by atoms with Crippen LogP contribution in [-0.4, -0.2) is 41.0 Å². The van der Waals surface area contributed by atoms with Gasteiger partial charge in [-0.3, -0.25) is 18.7 Å². The smallest absolute Gasteiger partial charge is 0.332 e. The SMILES string of the molecule is COc1ccc(CCn2c(=O)c3ncccc3n(CC(=O)Nc3ccc4c(c3)OCO4)c2=O)cc1OC. The van der Waals surface area contributed by atoms with Crippen LogP contribution in [0.2, 0.25) is 0 Å². The number of rotatable bonds is 8. The highest BCUT2D eigenvalue weighted by atomic mass is 16.7. The fourth-order valence-corrected chi connectivity index (χ4v) is 4.19. The molecule has 2 aromatic heterocycles. The lowest BCUT2D eigenvalue weighted by Gasteiger charge is -2.14. The predicted molar refractivity (Wildman–Crippen MR) is 135 cm³/mol. The second-order valence-electron chi connectivity index (χ2n) is 8.25. The van der Waals surface area contributed by atoms with Crippen molar-refractivity contribution in [2.24, 2.45) is 0 Å². The van der Waals surface area contributed by atoms with Crippen molar-refractivity contribution in [1.82, 2.24) is 14.1 Å². The molecule has 0 aliphatic carbocycles. The Bertz CT molecular complexity index is 1610. The largest absolute Gasteiger partial charge is 0.493 e. The van der Waals surface area contributed by atoms with Crippen LogP contribution < -0.4 is 35.5 Å². The van der Waals surface area contributed by atoms with Crippen molar-refractivity contribution < 1.29 is 23.7 Å². The summed E-state index contributed by atoms with van der Waals surface area (Å²) in [6, 6.07) is 13.6. The second-order valence-corrected chi connectivity index (χ2v) is 8.25. The third kappa shape index (κ3) is 4.70. The van der Waals surface area contributed by atoms with Gasteiger partial charge >= 0.3 is 5.69 Å². The van der Waals surface area contributed by atoms with Crippen LogP contribution in [0.4, 0.5) is 5.69 Å². The van der Waals surface area contributed by atoms with E-state index in [-0.39, 0.29) is 30.9 Å². The lowest BCUT2D eigenvalue weighted by molar-refractivity contribution is -0.116. The minimum absolute atomic E-state index is 0.0868. The van der Waals surface area contributed by atoms with Crippen molar-refractivity contribution in [2.45, 2.75) is 19.5 Å². The molecule has 11 heteroatoms. The molecule has 0 unspecified atom stereocenters. The van der Waals surface area contributed by atoms with Crippen LogP contribution in [0, 0.1) is 0 Å². The van der Waals surface area contributed by atoms with E-state index in [4.69, 9.17) is 18.9 Å². The van der Waals surface area contributed by atoms with Crippen LogP contribution in [-0.2, 0) is 24.3 Å². The van der Waals surface area contributed by atoms with Crippen LogP contribution in [0.5, 0.6) is 23.0 Å². The van der Waals surface area contributed by atoms with Crippen molar-refractivity contribution in [3.63, 3.8) is 0 Å². The Kier molecular flexibility index (Phi) is 6.50. The number of fused-ring (bicyclic) bond motifs is 2. The Morgan fingerprint density at radius 3 is 2.62 bits per heavy atom. The fourth-order valence-electron chi connectivity index (χ4n) is 4.19. The van der Waals surface area contributed by atoms with E-state index in [2.05, 4.69) is 10.3 Å². The van der Waals surface area contributed by atoms with Gasteiger partial charge in [0.05, 0.1) is 19.7 Å². The number of anilines is 1. The normalized spacial score (nSPS) is 11.9. The zero-order valence-corrected chi connectivity index (χ0v) is 20.2. The molecular formula is C26H24N4O7. The maximum atomic E-state index is 13.4. The summed E-state index contributed by atoms with van der Waals surface area (Å²) >= 11 is 0. The van der Waals surface area contributed by atoms with Crippen LogP contribution in [0.3, 0.4) is 0 Å². The highest BCUT2D eigenvalue weighted by Gasteiger charge is 2.18. The summed E-state index contributed by atoms with van der Waals surface area (Å²) in [6.45, 7) is -0.110. The number of carbonyl (C=O) groups excluding carboxylic acids is 1. The minimum atomic E-state index is -0.605. The molecule has 1 N–H and O–H groups in total. The third-order valence-corrected chi connectivity index (χ3v) is 6.02. The van der Waals surface area contributed by atoms with Crippen LogP contribution in [0.25, 0.3) is 11.0 Å². The van der Waals surface area contributed by atoms with Gasteiger partial charge in [0.1, 0.15) is 6.54 Å². The molecule has 11 nitrogen and oxygen atoms in total. The number of hydrogen-bond acceptors (Lipinski definition) is 8. The number of benzene rings is 2. The number of nitrogens with zero attached hydrogens (tertiary/aromatic N) is 3. The van der Waals surface area contributed by atoms with Gasteiger partial charge < -0.3 is 24.3 Å². The van der Waals surface area contributed by atoms with Gasteiger partial charge in [-0.25, -0.2) is 9.78 Å². The molecule has 190 valence electrons. The standard InChI is InChI=1S/C26H24N4O7/c1-34-19-7-5-16(12-21(19)35-2)9-11-29-25(32)24-18(4-3-10-27-24)30(26(29)33)14-23(31)28-17-6-8-20-22(13-17)37-15-36-20/h3-8,10,12-13H,9,11,14-15H2,1-2H3,(H,28,31). The fraction of sp³-hybridized carbons (Fsp3) is 0.231. The molecule has 0 atom stereocenters. The monoisotopic (exact) mass is 504 g/mol. The molecule has 4 aromatic rings. The summed E-state index contributed by atoms with van der Waals surface area (Å²) in [5.41, 5.74) is 0.593. The van der Waals surface area contributed by atoms with Crippen molar-refractivity contribution in [1.29, 1.82) is 0 Å². The van der Waals surface area contributed by atoms with Crippen molar-refractivity contribution in [3.8, 4) is 23.0 Å². The number of carbonyl (C=O) groups is 1. The number of amides is 1. The number of pyridine rings is 1. The number of hydrogen-bond donors (Lipinski definition) is 1. The summed E-state index contributed by atoms with van der Waals surface area (Å²) in [7, 11) is 3.08. The molecule has 1 aliphatic heterocycles. The zero-order valence-electron chi connectivity index (χ0n) is 20.2. The first kappa shape index (κ1) is 23.9. The van der Waals surface area contributed by atoms with E-state index in [1.165, 1.54) is 17.9 Å². The maximum absolute atomic E-state index is 13.4. The van der Waals surface area contributed by atoms with E-state index < -0.39 is 17.2 Å². The summed E-state index contributed by atoms with van der Waals surface area (Å²) < 4.78 is 23.6. The van der Waals surface area contributed by atoms with Crippen LogP contribution in [0.15, 0.2) is 64.3 Å². The first-order chi connectivity index (χ1) is 18.0. The average molecular weight is 504 g/mol. The first-order valence-electron chi connectivity index (χ1n) is 11.5. The molecule has 3 heterocycles. The topological polar surface area (TPSA) is 123 Å². The Labute approximate surface area is 210 Å². The minimum Gasteiger partial charge on any atom is -0.493 e. The quantitative estimate of drug-likeness (QED) is 0.387. The highest BCUT2D eigenvalue weighted by Crippen LogP contribution is 2.34. The molecule has 2 aromatic carbocycles. The van der Waals surface area contributed by atoms with Gasteiger partial charge in [0, 0.05) is 24.5 Å².